The van der Waals surface area contributed by atoms with E-state index in [-0.39, 0.29) is 12.0 Å². The molecule has 82 valence electrons. The molecule has 0 aliphatic carbocycles. The number of ether oxygens (including phenoxy) is 1. The van der Waals surface area contributed by atoms with Gasteiger partial charge in [0.05, 0.1) is 18.9 Å². The van der Waals surface area contributed by atoms with E-state index >= 15 is 0 Å². The van der Waals surface area contributed by atoms with Gasteiger partial charge >= 0.3 is 5.97 Å². The van der Waals surface area contributed by atoms with Crippen LogP contribution in [0.25, 0.3) is 11.3 Å². The van der Waals surface area contributed by atoms with Crippen LogP contribution in [-0.4, -0.2) is 18.1 Å². The van der Waals surface area contributed by atoms with Crippen molar-refractivity contribution < 1.29 is 13.9 Å². The molecule has 0 bridgehead atoms. The molecule has 2 N–H and O–H groups in total. The molecule has 0 saturated heterocycles. The Bertz CT molecular complexity index is 502. The number of carbonyl (C=O) groups is 1. The number of rotatable bonds is 2. The molecular formula is C11H10N2O3. The summed E-state index contributed by atoms with van der Waals surface area (Å²) >= 11 is 0. The summed E-state index contributed by atoms with van der Waals surface area (Å²) < 4.78 is 9.74. The Morgan fingerprint density at radius 3 is 2.56 bits per heavy atom. The lowest BCUT2D eigenvalue weighted by molar-refractivity contribution is 0.0601. The molecule has 16 heavy (non-hydrogen) atoms. The average Bonchev–Trinajstić information content (AvgIpc) is 2.75. The molecule has 1 aromatic heterocycles. The zero-order valence-electron chi connectivity index (χ0n) is 8.64. The van der Waals surface area contributed by atoms with Crippen molar-refractivity contribution in [1.82, 2.24) is 4.98 Å². The number of methoxy groups -OCH3 is 1. The summed E-state index contributed by atoms with van der Waals surface area (Å²) in [5.74, 6) is 0.192. The van der Waals surface area contributed by atoms with Crippen molar-refractivity contribution in [3.8, 4) is 11.3 Å². The van der Waals surface area contributed by atoms with Crippen LogP contribution in [0.3, 0.4) is 0 Å². The standard InChI is InChI=1S/C11H10N2O3/c1-15-10(14)8-4-2-7(3-5-8)9-6-13-11(12)16-9/h2-6H,1H3,(H2,12,13). The molecule has 0 aliphatic heterocycles. The van der Waals surface area contributed by atoms with Gasteiger partial charge in [0, 0.05) is 5.56 Å². The summed E-state index contributed by atoms with van der Waals surface area (Å²) in [6, 6.07) is 6.91. The highest BCUT2D eigenvalue weighted by molar-refractivity contribution is 5.89. The SMILES string of the molecule is COC(=O)c1ccc(-c2cnc(N)o2)cc1. The fraction of sp³-hybridized carbons (Fsp3) is 0.0909. The minimum absolute atomic E-state index is 0.118. The molecule has 1 aromatic carbocycles. The molecule has 5 nitrogen and oxygen atoms in total. The van der Waals surface area contributed by atoms with Crippen molar-refractivity contribution in [1.29, 1.82) is 0 Å². The zero-order chi connectivity index (χ0) is 11.5. The third kappa shape index (κ3) is 1.88. The van der Waals surface area contributed by atoms with E-state index in [0.29, 0.717) is 11.3 Å². The fourth-order valence-electron chi connectivity index (χ4n) is 1.31. The number of hydrogen-bond donors (Lipinski definition) is 1. The van der Waals surface area contributed by atoms with Crippen LogP contribution < -0.4 is 5.73 Å². The van der Waals surface area contributed by atoms with Crippen molar-refractivity contribution in [3.05, 3.63) is 36.0 Å². The van der Waals surface area contributed by atoms with Crippen molar-refractivity contribution >= 4 is 12.0 Å². The lowest BCUT2D eigenvalue weighted by atomic mass is 10.1. The average molecular weight is 218 g/mol. The predicted molar refractivity (Wildman–Crippen MR) is 57.7 cm³/mol. The predicted octanol–water partition coefficient (Wildman–Crippen LogP) is 1.71. The van der Waals surface area contributed by atoms with Gasteiger partial charge < -0.3 is 14.9 Å². The Hall–Kier alpha value is -2.30. The Balaban J connectivity index is 2.29. The summed E-state index contributed by atoms with van der Waals surface area (Å²) in [6.45, 7) is 0. The smallest absolute Gasteiger partial charge is 0.337 e. The van der Waals surface area contributed by atoms with Crippen molar-refractivity contribution in [3.63, 3.8) is 0 Å². The number of nitrogen functional groups attached to an aromatic ring is 1. The molecule has 0 atom stereocenters. The first kappa shape index (κ1) is 10.2. The van der Waals surface area contributed by atoms with Gasteiger partial charge in [0.25, 0.3) is 6.01 Å². The molecule has 0 unspecified atom stereocenters. The van der Waals surface area contributed by atoms with Crippen molar-refractivity contribution in [2.45, 2.75) is 0 Å². The van der Waals surface area contributed by atoms with Crippen LogP contribution in [-0.2, 0) is 4.74 Å². The second-order valence-corrected chi connectivity index (χ2v) is 3.13. The van der Waals surface area contributed by atoms with Gasteiger partial charge in [-0.05, 0) is 12.1 Å². The van der Waals surface area contributed by atoms with Gasteiger partial charge in [-0.3, -0.25) is 0 Å². The van der Waals surface area contributed by atoms with E-state index in [1.165, 1.54) is 13.3 Å². The van der Waals surface area contributed by atoms with Crippen LogP contribution in [0.5, 0.6) is 0 Å². The molecule has 2 rings (SSSR count). The zero-order valence-corrected chi connectivity index (χ0v) is 8.64. The quantitative estimate of drug-likeness (QED) is 0.776. The van der Waals surface area contributed by atoms with E-state index in [9.17, 15) is 4.79 Å². The number of hydrogen-bond acceptors (Lipinski definition) is 5. The van der Waals surface area contributed by atoms with Gasteiger partial charge in [0.15, 0.2) is 5.76 Å². The Morgan fingerprint density at radius 2 is 2.06 bits per heavy atom. The van der Waals surface area contributed by atoms with E-state index in [0.717, 1.165) is 5.56 Å². The Kier molecular flexibility index (Phi) is 2.59. The maximum Gasteiger partial charge on any atom is 0.337 e. The highest BCUT2D eigenvalue weighted by atomic mass is 16.5. The molecule has 0 amide bonds. The van der Waals surface area contributed by atoms with Crippen LogP contribution in [0.1, 0.15) is 10.4 Å². The number of esters is 1. The van der Waals surface area contributed by atoms with Crippen molar-refractivity contribution in [2.75, 3.05) is 12.8 Å². The third-order valence-corrected chi connectivity index (χ3v) is 2.11. The maximum atomic E-state index is 11.2. The van der Waals surface area contributed by atoms with Crippen LogP contribution in [0, 0.1) is 0 Å². The Morgan fingerprint density at radius 1 is 1.38 bits per heavy atom. The third-order valence-electron chi connectivity index (χ3n) is 2.11. The van der Waals surface area contributed by atoms with E-state index < -0.39 is 0 Å². The molecule has 0 spiro atoms. The van der Waals surface area contributed by atoms with Crippen LogP contribution in [0.4, 0.5) is 6.01 Å². The summed E-state index contributed by atoms with van der Waals surface area (Å²) in [4.78, 5) is 15.0. The molecule has 0 radical (unpaired) electrons. The number of oxazole rings is 1. The first-order valence-electron chi connectivity index (χ1n) is 4.61. The van der Waals surface area contributed by atoms with Gasteiger partial charge in [-0.2, -0.15) is 0 Å². The first-order chi connectivity index (χ1) is 7.70. The number of benzene rings is 1. The number of nitrogens with two attached hydrogens (primary N) is 1. The topological polar surface area (TPSA) is 78.3 Å². The molecule has 0 saturated carbocycles. The largest absolute Gasteiger partial charge is 0.465 e. The minimum Gasteiger partial charge on any atom is -0.465 e. The molecular weight excluding hydrogens is 208 g/mol. The van der Waals surface area contributed by atoms with Gasteiger partial charge in [-0.25, -0.2) is 9.78 Å². The van der Waals surface area contributed by atoms with Crippen LogP contribution in [0.15, 0.2) is 34.9 Å². The highest BCUT2D eigenvalue weighted by Crippen LogP contribution is 2.21. The van der Waals surface area contributed by atoms with Crippen molar-refractivity contribution in [2.24, 2.45) is 0 Å². The summed E-state index contributed by atoms with van der Waals surface area (Å²) in [6.07, 6.45) is 1.53. The van der Waals surface area contributed by atoms with Gasteiger partial charge in [-0.1, -0.05) is 12.1 Å². The molecule has 0 aliphatic rings. The Labute approximate surface area is 91.8 Å². The second-order valence-electron chi connectivity index (χ2n) is 3.13. The number of nitrogens with zero attached hydrogens (tertiary/aromatic N) is 1. The summed E-state index contributed by atoms with van der Waals surface area (Å²) in [5.41, 5.74) is 6.65. The molecule has 0 fully saturated rings. The first-order valence-corrected chi connectivity index (χ1v) is 4.61. The van der Waals surface area contributed by atoms with Crippen LogP contribution >= 0.6 is 0 Å². The van der Waals surface area contributed by atoms with Gasteiger partial charge in [0.1, 0.15) is 0 Å². The summed E-state index contributed by atoms with van der Waals surface area (Å²) in [5, 5.41) is 0. The van der Waals surface area contributed by atoms with E-state index in [1.807, 2.05) is 0 Å². The lowest BCUT2D eigenvalue weighted by Crippen LogP contribution is -2.00. The van der Waals surface area contributed by atoms with E-state index in [2.05, 4.69) is 9.72 Å². The van der Waals surface area contributed by atoms with Crippen LogP contribution in [0.2, 0.25) is 0 Å². The minimum atomic E-state index is -0.372. The maximum absolute atomic E-state index is 11.2. The molecule has 1 heterocycles. The monoisotopic (exact) mass is 218 g/mol. The van der Waals surface area contributed by atoms with E-state index in [4.69, 9.17) is 10.2 Å². The van der Waals surface area contributed by atoms with Gasteiger partial charge in [0.2, 0.25) is 0 Å². The lowest BCUT2D eigenvalue weighted by Gasteiger charge is -1.99. The second kappa shape index (κ2) is 4.06. The summed E-state index contributed by atoms with van der Waals surface area (Å²) in [7, 11) is 1.34. The van der Waals surface area contributed by atoms with E-state index in [1.54, 1.807) is 24.3 Å². The highest BCUT2D eigenvalue weighted by Gasteiger charge is 2.07. The fourth-order valence-corrected chi connectivity index (χ4v) is 1.31. The molecule has 5 heteroatoms. The number of anilines is 1. The number of carbonyl (C=O) groups excluding carboxylic acids is 1. The normalized spacial score (nSPS) is 10.1. The molecule has 2 aromatic rings. The number of aromatic nitrogens is 1. The van der Waals surface area contributed by atoms with Gasteiger partial charge in [-0.15, -0.1) is 0 Å².